The van der Waals surface area contributed by atoms with Gasteiger partial charge in [0.1, 0.15) is 17.2 Å². The van der Waals surface area contributed by atoms with Gasteiger partial charge in [-0.3, -0.25) is 0 Å². The van der Waals surface area contributed by atoms with E-state index >= 15 is 0 Å². The van der Waals surface area contributed by atoms with Gasteiger partial charge in [-0.25, -0.2) is 14.1 Å². The molecule has 5 nitrogen and oxygen atoms in total. The zero-order chi connectivity index (χ0) is 14.4. The molecule has 6 heteroatoms. The normalized spacial score (nSPS) is 13.7. The van der Waals surface area contributed by atoms with Gasteiger partial charge in [-0.05, 0) is 29.3 Å². The highest BCUT2D eigenvalue weighted by Gasteiger charge is 2.17. The van der Waals surface area contributed by atoms with Crippen LogP contribution in [0.15, 0.2) is 36.5 Å². The van der Waals surface area contributed by atoms with Crippen LogP contribution in [0.5, 0.6) is 0 Å². The van der Waals surface area contributed by atoms with Crippen LogP contribution >= 0.6 is 0 Å². The molecule has 0 fully saturated rings. The Balaban J connectivity index is 1.90. The van der Waals surface area contributed by atoms with Crippen molar-refractivity contribution in [3.63, 3.8) is 0 Å². The van der Waals surface area contributed by atoms with Gasteiger partial charge in [-0.2, -0.15) is 0 Å². The Morgan fingerprint density at radius 3 is 3.10 bits per heavy atom. The van der Waals surface area contributed by atoms with Gasteiger partial charge in [0.15, 0.2) is 0 Å². The average molecular weight is 281 g/mol. The molecule has 0 aliphatic carbocycles. The number of rotatable bonds is 1. The van der Waals surface area contributed by atoms with Crippen molar-refractivity contribution < 1.29 is 4.39 Å². The Bertz CT molecular complexity index is 881. The summed E-state index contributed by atoms with van der Waals surface area (Å²) in [5, 5.41) is 11.2. The number of halogens is 1. The van der Waals surface area contributed by atoms with Gasteiger partial charge < -0.3 is 5.32 Å². The van der Waals surface area contributed by atoms with E-state index < -0.39 is 0 Å². The lowest BCUT2D eigenvalue weighted by Gasteiger charge is -2.18. The summed E-state index contributed by atoms with van der Waals surface area (Å²) in [5.41, 5.74) is 4.53. The van der Waals surface area contributed by atoms with Crippen LogP contribution in [0.3, 0.4) is 0 Å². The molecule has 104 valence electrons. The summed E-state index contributed by atoms with van der Waals surface area (Å²) >= 11 is 0. The van der Waals surface area contributed by atoms with Crippen molar-refractivity contribution >= 4 is 22.4 Å². The lowest BCUT2D eigenvalue weighted by molar-refractivity contribution is 0.621. The molecule has 0 amide bonds. The van der Waals surface area contributed by atoms with Crippen LogP contribution in [-0.4, -0.2) is 26.5 Å². The molecule has 21 heavy (non-hydrogen) atoms. The fourth-order valence-corrected chi connectivity index (χ4v) is 2.62. The van der Waals surface area contributed by atoms with E-state index in [4.69, 9.17) is 0 Å². The SMILES string of the molecule is Cn1nnc2ccc(C3=CCNc4ncc(F)cc43)cc21. The molecule has 4 rings (SSSR count). The minimum Gasteiger partial charge on any atom is -0.366 e. The Hall–Kier alpha value is -2.76. The predicted molar refractivity (Wildman–Crippen MR) is 78.3 cm³/mol. The smallest absolute Gasteiger partial charge is 0.142 e. The third-order valence-electron chi connectivity index (χ3n) is 3.64. The van der Waals surface area contributed by atoms with Crippen LogP contribution in [0, 0.1) is 5.82 Å². The number of aromatic nitrogens is 4. The number of aryl methyl sites for hydroxylation is 1. The molecule has 0 saturated heterocycles. The van der Waals surface area contributed by atoms with E-state index in [1.54, 1.807) is 4.68 Å². The molecule has 0 unspecified atom stereocenters. The summed E-state index contributed by atoms with van der Waals surface area (Å²) in [6, 6.07) is 7.42. The molecule has 0 saturated carbocycles. The molecule has 3 aromatic rings. The van der Waals surface area contributed by atoms with E-state index in [1.807, 2.05) is 31.3 Å². The second-order valence-corrected chi connectivity index (χ2v) is 4.96. The summed E-state index contributed by atoms with van der Waals surface area (Å²) < 4.78 is 15.2. The number of pyridine rings is 1. The van der Waals surface area contributed by atoms with Gasteiger partial charge in [0.25, 0.3) is 0 Å². The molecule has 0 bridgehead atoms. The fraction of sp³-hybridized carbons (Fsp3) is 0.133. The first kappa shape index (κ1) is 12.0. The number of nitrogens with zero attached hydrogens (tertiary/aromatic N) is 4. The monoisotopic (exact) mass is 281 g/mol. The number of hydrogen-bond donors (Lipinski definition) is 1. The van der Waals surface area contributed by atoms with E-state index in [9.17, 15) is 4.39 Å². The van der Waals surface area contributed by atoms with Crippen molar-refractivity contribution in [3.8, 4) is 0 Å². The molecule has 1 aliphatic rings. The van der Waals surface area contributed by atoms with Crippen molar-refractivity contribution in [2.24, 2.45) is 7.05 Å². The largest absolute Gasteiger partial charge is 0.366 e. The minimum atomic E-state index is -0.341. The Kier molecular flexibility index (Phi) is 2.50. The van der Waals surface area contributed by atoms with Crippen LogP contribution in [0.25, 0.3) is 16.6 Å². The van der Waals surface area contributed by atoms with Crippen molar-refractivity contribution in [2.45, 2.75) is 0 Å². The van der Waals surface area contributed by atoms with Gasteiger partial charge >= 0.3 is 0 Å². The third kappa shape index (κ3) is 1.87. The third-order valence-corrected chi connectivity index (χ3v) is 3.64. The van der Waals surface area contributed by atoms with Crippen molar-refractivity contribution in [2.75, 3.05) is 11.9 Å². The van der Waals surface area contributed by atoms with E-state index in [0.29, 0.717) is 12.4 Å². The first-order valence-electron chi connectivity index (χ1n) is 6.62. The fourth-order valence-electron chi connectivity index (χ4n) is 2.62. The number of hydrogen-bond acceptors (Lipinski definition) is 4. The minimum absolute atomic E-state index is 0.341. The molecule has 2 aromatic heterocycles. The van der Waals surface area contributed by atoms with E-state index in [-0.39, 0.29) is 5.82 Å². The number of fused-ring (bicyclic) bond motifs is 2. The molecule has 0 atom stereocenters. The summed E-state index contributed by atoms with van der Waals surface area (Å²) in [6.07, 6.45) is 3.26. The first-order valence-corrected chi connectivity index (χ1v) is 6.62. The van der Waals surface area contributed by atoms with Gasteiger partial charge in [-0.1, -0.05) is 17.4 Å². The Morgan fingerprint density at radius 2 is 2.19 bits per heavy atom. The van der Waals surface area contributed by atoms with Crippen LogP contribution in [0.4, 0.5) is 10.2 Å². The van der Waals surface area contributed by atoms with Crippen molar-refractivity contribution in [1.29, 1.82) is 0 Å². The number of benzene rings is 1. The van der Waals surface area contributed by atoms with E-state index in [1.165, 1.54) is 12.3 Å². The van der Waals surface area contributed by atoms with Crippen molar-refractivity contribution in [1.82, 2.24) is 20.0 Å². The van der Waals surface area contributed by atoms with Gasteiger partial charge in [0.2, 0.25) is 0 Å². The first-order chi connectivity index (χ1) is 10.2. The van der Waals surface area contributed by atoms with E-state index in [0.717, 1.165) is 27.7 Å². The van der Waals surface area contributed by atoms with Crippen molar-refractivity contribution in [3.05, 3.63) is 53.5 Å². The maximum atomic E-state index is 13.5. The van der Waals surface area contributed by atoms with E-state index in [2.05, 4.69) is 20.6 Å². The maximum absolute atomic E-state index is 13.5. The average Bonchev–Trinajstić information content (AvgIpc) is 2.87. The molecular formula is C15H12FN5. The predicted octanol–water partition coefficient (Wildman–Crippen LogP) is 2.36. The number of nitrogens with one attached hydrogen (secondary N) is 1. The zero-order valence-electron chi connectivity index (χ0n) is 11.3. The summed E-state index contributed by atoms with van der Waals surface area (Å²) in [6.45, 7) is 0.669. The topological polar surface area (TPSA) is 55.6 Å². The number of anilines is 1. The van der Waals surface area contributed by atoms with Crippen LogP contribution in [0.2, 0.25) is 0 Å². The van der Waals surface area contributed by atoms with Crippen LogP contribution < -0.4 is 5.32 Å². The zero-order valence-corrected chi connectivity index (χ0v) is 11.3. The van der Waals surface area contributed by atoms with Crippen LogP contribution in [-0.2, 0) is 7.05 Å². The molecule has 0 radical (unpaired) electrons. The van der Waals surface area contributed by atoms with Gasteiger partial charge in [0.05, 0.1) is 11.7 Å². The second kappa shape index (κ2) is 4.37. The second-order valence-electron chi connectivity index (χ2n) is 4.96. The lowest BCUT2D eigenvalue weighted by atomic mass is 9.95. The molecule has 1 aromatic carbocycles. The van der Waals surface area contributed by atoms with Gasteiger partial charge in [0, 0.05) is 19.2 Å². The lowest BCUT2D eigenvalue weighted by Crippen LogP contribution is -2.11. The highest BCUT2D eigenvalue weighted by molar-refractivity contribution is 5.90. The van der Waals surface area contributed by atoms with Crippen LogP contribution in [0.1, 0.15) is 11.1 Å². The quantitative estimate of drug-likeness (QED) is 0.744. The Labute approximate surface area is 120 Å². The molecular weight excluding hydrogens is 269 g/mol. The molecule has 0 spiro atoms. The summed E-state index contributed by atoms with van der Waals surface area (Å²) in [4.78, 5) is 4.11. The molecule has 1 N–H and O–H groups in total. The molecule has 1 aliphatic heterocycles. The summed E-state index contributed by atoms with van der Waals surface area (Å²) in [5.74, 6) is 0.365. The highest BCUT2D eigenvalue weighted by Crippen LogP contribution is 2.32. The standard InChI is InChI=1S/C15H12FN5/c1-21-14-6-9(2-3-13(14)19-20-21)11-4-5-17-15-12(11)7-10(16)8-18-15/h2-4,6-8H,5H2,1H3,(H,17,18). The maximum Gasteiger partial charge on any atom is 0.142 e. The highest BCUT2D eigenvalue weighted by atomic mass is 19.1. The molecule has 3 heterocycles. The van der Waals surface area contributed by atoms with Gasteiger partial charge in [-0.15, -0.1) is 5.10 Å². The summed E-state index contributed by atoms with van der Waals surface area (Å²) in [7, 11) is 1.85. The Morgan fingerprint density at radius 1 is 1.29 bits per heavy atom.